The molecule has 0 bridgehead atoms. The van der Waals surface area contributed by atoms with Crippen LogP contribution in [0.4, 0.5) is 0 Å². The molecule has 0 nitrogen and oxygen atoms in total. The Kier molecular flexibility index (Phi) is 1.53. The van der Waals surface area contributed by atoms with Crippen molar-refractivity contribution in [2.75, 3.05) is 0 Å². The monoisotopic (exact) mass is 160 g/mol. The van der Waals surface area contributed by atoms with Gasteiger partial charge in [0.2, 0.25) is 0 Å². The lowest BCUT2D eigenvalue weighted by Gasteiger charge is -1.74. The van der Waals surface area contributed by atoms with Crippen molar-refractivity contribution in [1.29, 1.82) is 0 Å². The van der Waals surface area contributed by atoms with Gasteiger partial charge in [0.25, 0.3) is 0 Å². The predicted octanol–water partition coefficient (Wildman–Crippen LogP) is 2.35. The molecule has 1 aliphatic carbocycles. The molecule has 40 valence electrons. The maximum Gasteiger partial charge on any atom is 0.0214 e. The summed E-state index contributed by atoms with van der Waals surface area (Å²) in [6.45, 7) is 2.07. The number of allylic oxidation sites excluding steroid dienone is 2. The number of hydrogen-bond donors (Lipinski definition) is 0. The largest absolute Gasteiger partial charge is 0.0913 e. The Morgan fingerprint density at radius 1 is 1.71 bits per heavy atom. The van der Waals surface area contributed by atoms with Crippen molar-refractivity contribution in [2.45, 2.75) is 18.2 Å². The van der Waals surface area contributed by atoms with E-state index in [0.717, 1.165) is 10.7 Å². The third kappa shape index (κ3) is 1.30. The molecular formula is C6H9Br. The number of halogens is 1. The van der Waals surface area contributed by atoms with Crippen molar-refractivity contribution in [1.82, 2.24) is 0 Å². The Morgan fingerprint density at radius 3 is 2.43 bits per heavy atom. The zero-order chi connectivity index (χ0) is 5.28. The molecule has 1 heteroatoms. The van der Waals surface area contributed by atoms with Gasteiger partial charge < -0.3 is 0 Å². The van der Waals surface area contributed by atoms with Crippen LogP contribution in [0.1, 0.15) is 13.3 Å². The standard InChI is InChI=1S/C6H9Br/c1-2-3-5-4-6(5)7/h2-3,5-6H,4H2,1H3/b3-2+/t5-,6-/m1/s1. The molecule has 0 N–H and O–H groups in total. The van der Waals surface area contributed by atoms with E-state index in [2.05, 4.69) is 35.0 Å². The van der Waals surface area contributed by atoms with Crippen molar-refractivity contribution in [3.63, 3.8) is 0 Å². The van der Waals surface area contributed by atoms with Gasteiger partial charge in [-0.2, -0.15) is 0 Å². The van der Waals surface area contributed by atoms with Gasteiger partial charge in [0, 0.05) is 4.83 Å². The second kappa shape index (κ2) is 1.99. The molecule has 0 saturated heterocycles. The Hall–Kier alpha value is 0.220. The molecular weight excluding hydrogens is 152 g/mol. The second-order valence-corrected chi connectivity index (χ2v) is 3.12. The first-order chi connectivity index (χ1) is 3.34. The molecule has 2 atom stereocenters. The predicted molar refractivity (Wildman–Crippen MR) is 35.6 cm³/mol. The van der Waals surface area contributed by atoms with Gasteiger partial charge in [0.1, 0.15) is 0 Å². The molecule has 0 aromatic rings. The highest BCUT2D eigenvalue weighted by Crippen LogP contribution is 2.38. The SMILES string of the molecule is C/C=C/[C@@H]1C[C@H]1Br. The van der Waals surface area contributed by atoms with Crippen molar-refractivity contribution in [3.05, 3.63) is 12.2 Å². The minimum absolute atomic E-state index is 0.795. The van der Waals surface area contributed by atoms with E-state index in [1.54, 1.807) is 0 Å². The second-order valence-electron chi connectivity index (χ2n) is 1.94. The first-order valence-electron chi connectivity index (χ1n) is 2.61. The fourth-order valence-electron chi connectivity index (χ4n) is 0.628. The average molecular weight is 161 g/mol. The summed E-state index contributed by atoms with van der Waals surface area (Å²) in [7, 11) is 0. The summed E-state index contributed by atoms with van der Waals surface area (Å²) in [5.74, 6) is 0.852. The van der Waals surface area contributed by atoms with Gasteiger partial charge in [-0.15, -0.1) is 0 Å². The zero-order valence-corrected chi connectivity index (χ0v) is 5.98. The van der Waals surface area contributed by atoms with Gasteiger partial charge in [-0.1, -0.05) is 28.1 Å². The van der Waals surface area contributed by atoms with Crippen LogP contribution >= 0.6 is 15.9 Å². The summed E-state index contributed by atoms with van der Waals surface area (Å²) >= 11 is 3.50. The molecule has 0 spiro atoms. The van der Waals surface area contributed by atoms with E-state index in [4.69, 9.17) is 0 Å². The third-order valence-corrected chi connectivity index (χ3v) is 2.25. The van der Waals surface area contributed by atoms with Crippen LogP contribution in [0.3, 0.4) is 0 Å². The molecule has 1 saturated carbocycles. The quantitative estimate of drug-likeness (QED) is 0.409. The summed E-state index contributed by atoms with van der Waals surface area (Å²) in [6.07, 6.45) is 5.70. The topological polar surface area (TPSA) is 0 Å². The van der Waals surface area contributed by atoms with Gasteiger partial charge in [0.15, 0.2) is 0 Å². The van der Waals surface area contributed by atoms with Crippen molar-refractivity contribution in [2.24, 2.45) is 5.92 Å². The molecule has 1 rings (SSSR count). The van der Waals surface area contributed by atoms with Crippen molar-refractivity contribution < 1.29 is 0 Å². The Bertz CT molecular complexity index is 86.2. The van der Waals surface area contributed by atoms with Crippen molar-refractivity contribution >= 4 is 15.9 Å². The van der Waals surface area contributed by atoms with Crippen LogP contribution in [0.15, 0.2) is 12.2 Å². The summed E-state index contributed by atoms with van der Waals surface area (Å²) in [4.78, 5) is 0.795. The van der Waals surface area contributed by atoms with Gasteiger partial charge >= 0.3 is 0 Å². The Balaban J connectivity index is 2.21. The summed E-state index contributed by atoms with van der Waals surface area (Å²) in [5, 5.41) is 0. The van der Waals surface area contributed by atoms with Crippen LogP contribution in [0.25, 0.3) is 0 Å². The van der Waals surface area contributed by atoms with Crippen LogP contribution in [0.5, 0.6) is 0 Å². The molecule has 0 aromatic carbocycles. The van der Waals surface area contributed by atoms with Crippen molar-refractivity contribution in [3.8, 4) is 0 Å². The third-order valence-electron chi connectivity index (χ3n) is 1.20. The summed E-state index contributed by atoms with van der Waals surface area (Å²) in [6, 6.07) is 0. The van der Waals surface area contributed by atoms with E-state index in [1.165, 1.54) is 6.42 Å². The van der Waals surface area contributed by atoms with Gasteiger partial charge in [-0.3, -0.25) is 0 Å². The number of alkyl halides is 1. The van der Waals surface area contributed by atoms with E-state index in [1.807, 2.05) is 0 Å². The van der Waals surface area contributed by atoms with Gasteiger partial charge in [-0.25, -0.2) is 0 Å². The van der Waals surface area contributed by atoms with Gasteiger partial charge in [0.05, 0.1) is 0 Å². The molecule has 0 unspecified atom stereocenters. The highest BCUT2D eigenvalue weighted by molar-refractivity contribution is 9.09. The minimum Gasteiger partial charge on any atom is -0.0913 e. The molecule has 1 fully saturated rings. The highest BCUT2D eigenvalue weighted by Gasteiger charge is 2.31. The first-order valence-corrected chi connectivity index (χ1v) is 3.53. The Morgan fingerprint density at radius 2 is 2.29 bits per heavy atom. The van der Waals surface area contributed by atoms with E-state index in [9.17, 15) is 0 Å². The lowest BCUT2D eigenvalue weighted by Crippen LogP contribution is -1.66. The molecule has 1 aliphatic rings. The maximum absolute atomic E-state index is 3.50. The summed E-state index contributed by atoms with van der Waals surface area (Å²) in [5.41, 5.74) is 0. The fraction of sp³-hybridized carbons (Fsp3) is 0.667. The van der Waals surface area contributed by atoms with E-state index in [-0.39, 0.29) is 0 Å². The molecule has 0 amide bonds. The molecule has 0 aliphatic heterocycles. The molecule has 7 heavy (non-hydrogen) atoms. The highest BCUT2D eigenvalue weighted by atomic mass is 79.9. The van der Waals surface area contributed by atoms with Crippen LogP contribution in [0, 0.1) is 5.92 Å². The van der Waals surface area contributed by atoms with E-state index in [0.29, 0.717) is 0 Å². The van der Waals surface area contributed by atoms with Crippen LogP contribution in [0.2, 0.25) is 0 Å². The Labute approximate surface area is 52.7 Å². The van der Waals surface area contributed by atoms with Gasteiger partial charge in [-0.05, 0) is 19.3 Å². The number of rotatable bonds is 1. The normalized spacial score (nSPS) is 39.7. The van der Waals surface area contributed by atoms with Crippen LogP contribution < -0.4 is 0 Å². The smallest absolute Gasteiger partial charge is 0.0214 e. The average Bonchev–Trinajstić information content (AvgIpc) is 2.22. The summed E-state index contributed by atoms with van der Waals surface area (Å²) < 4.78 is 0. The fourth-order valence-corrected chi connectivity index (χ4v) is 1.24. The number of hydrogen-bond acceptors (Lipinski definition) is 0. The molecule has 0 aromatic heterocycles. The van der Waals surface area contributed by atoms with E-state index < -0.39 is 0 Å². The maximum atomic E-state index is 3.50. The zero-order valence-electron chi connectivity index (χ0n) is 4.39. The lowest BCUT2D eigenvalue weighted by atomic mass is 10.4. The minimum atomic E-state index is 0.795. The van der Waals surface area contributed by atoms with E-state index >= 15 is 0 Å². The van der Waals surface area contributed by atoms with Crippen LogP contribution in [-0.4, -0.2) is 4.83 Å². The molecule has 0 radical (unpaired) electrons. The first kappa shape index (κ1) is 5.36. The lowest BCUT2D eigenvalue weighted by molar-refractivity contribution is 1.13. The molecule has 0 heterocycles. The van der Waals surface area contributed by atoms with Crippen LogP contribution in [-0.2, 0) is 0 Å².